The molecule has 1 saturated heterocycles. The molecule has 4 bridgehead atoms. The molecule has 0 amide bonds. The van der Waals surface area contributed by atoms with Crippen molar-refractivity contribution in [2.45, 2.75) is 71.3 Å². The maximum atomic E-state index is 3.94. The molecule has 1 N–H and O–H groups in total. The molecular weight excluding hydrogens is 256 g/mol. The second-order valence-corrected chi connectivity index (χ2v) is 9.56. The molecule has 1 heterocycles. The van der Waals surface area contributed by atoms with Gasteiger partial charge < -0.3 is 10.2 Å². The first kappa shape index (κ1) is 14.5. The predicted octanol–water partition coefficient (Wildman–Crippen LogP) is 3.67. The Kier molecular flexibility index (Phi) is 3.61. The summed E-state index contributed by atoms with van der Waals surface area (Å²) in [5.41, 5.74) is 1.36. The largest absolute Gasteiger partial charge is 0.312 e. The molecule has 4 saturated carbocycles. The van der Waals surface area contributed by atoms with E-state index < -0.39 is 0 Å². The summed E-state index contributed by atoms with van der Waals surface area (Å²) < 4.78 is 0. The average molecular weight is 290 g/mol. The molecule has 3 atom stereocenters. The van der Waals surface area contributed by atoms with E-state index in [-0.39, 0.29) is 0 Å². The maximum Gasteiger partial charge on any atom is 0.0166 e. The van der Waals surface area contributed by atoms with Crippen LogP contribution in [-0.4, -0.2) is 37.1 Å². The Morgan fingerprint density at radius 3 is 2.38 bits per heavy atom. The molecular formula is C19H34N2. The second kappa shape index (κ2) is 5.23. The molecule has 0 radical (unpaired) electrons. The number of hydrogen-bond acceptors (Lipinski definition) is 2. The van der Waals surface area contributed by atoms with Gasteiger partial charge in [-0.3, -0.25) is 0 Å². The van der Waals surface area contributed by atoms with Gasteiger partial charge in [0.1, 0.15) is 0 Å². The van der Waals surface area contributed by atoms with Crippen LogP contribution in [0.3, 0.4) is 0 Å². The van der Waals surface area contributed by atoms with E-state index in [0.29, 0.717) is 16.9 Å². The summed E-state index contributed by atoms with van der Waals surface area (Å²) in [5.74, 6) is 2.12. The fourth-order valence-corrected chi connectivity index (χ4v) is 6.94. The van der Waals surface area contributed by atoms with Gasteiger partial charge in [0, 0.05) is 19.1 Å². The van der Waals surface area contributed by atoms with Gasteiger partial charge in [-0.15, -0.1) is 0 Å². The van der Waals surface area contributed by atoms with E-state index in [1.54, 1.807) is 6.42 Å². The normalized spacial score (nSPS) is 47.1. The van der Waals surface area contributed by atoms with Crippen LogP contribution in [0, 0.1) is 22.7 Å². The van der Waals surface area contributed by atoms with Gasteiger partial charge in [-0.05, 0) is 94.0 Å². The van der Waals surface area contributed by atoms with Crippen molar-refractivity contribution in [2.75, 3.05) is 26.2 Å². The van der Waals surface area contributed by atoms with Gasteiger partial charge in [0.25, 0.3) is 0 Å². The minimum absolute atomic E-state index is 0.665. The van der Waals surface area contributed by atoms with E-state index >= 15 is 0 Å². The maximum absolute atomic E-state index is 3.94. The highest BCUT2D eigenvalue weighted by Gasteiger charge is 2.55. The van der Waals surface area contributed by atoms with Crippen LogP contribution in [0.5, 0.6) is 0 Å². The van der Waals surface area contributed by atoms with E-state index in [4.69, 9.17) is 0 Å². The van der Waals surface area contributed by atoms with Crippen LogP contribution in [0.25, 0.3) is 0 Å². The van der Waals surface area contributed by atoms with Crippen molar-refractivity contribution < 1.29 is 0 Å². The summed E-state index contributed by atoms with van der Waals surface area (Å²) >= 11 is 0. The van der Waals surface area contributed by atoms with Crippen LogP contribution >= 0.6 is 0 Å². The molecule has 120 valence electrons. The Morgan fingerprint density at radius 2 is 1.76 bits per heavy atom. The van der Waals surface area contributed by atoms with Crippen LogP contribution < -0.4 is 5.32 Å². The van der Waals surface area contributed by atoms with E-state index in [1.807, 2.05) is 0 Å². The zero-order chi connectivity index (χ0) is 14.5. The molecule has 21 heavy (non-hydrogen) atoms. The monoisotopic (exact) mass is 290 g/mol. The average Bonchev–Trinajstić information content (AvgIpc) is 2.86. The van der Waals surface area contributed by atoms with E-state index in [2.05, 4.69) is 24.1 Å². The first-order valence-corrected chi connectivity index (χ1v) is 9.50. The molecule has 2 nitrogen and oxygen atoms in total. The van der Waals surface area contributed by atoms with E-state index in [9.17, 15) is 0 Å². The summed E-state index contributed by atoms with van der Waals surface area (Å²) in [4.78, 5) is 2.65. The van der Waals surface area contributed by atoms with Crippen molar-refractivity contribution in [3.05, 3.63) is 0 Å². The van der Waals surface area contributed by atoms with E-state index in [1.165, 1.54) is 71.1 Å². The van der Waals surface area contributed by atoms with Gasteiger partial charge in [0.15, 0.2) is 0 Å². The topological polar surface area (TPSA) is 15.3 Å². The van der Waals surface area contributed by atoms with Crippen LogP contribution in [0.15, 0.2) is 0 Å². The molecule has 4 aliphatic carbocycles. The van der Waals surface area contributed by atoms with Gasteiger partial charge in [-0.25, -0.2) is 0 Å². The van der Waals surface area contributed by atoms with Crippen LogP contribution in [0.1, 0.15) is 65.2 Å². The second-order valence-electron chi connectivity index (χ2n) is 9.56. The number of nitrogens with zero attached hydrogens (tertiary/aromatic N) is 1. The lowest BCUT2D eigenvalue weighted by molar-refractivity contribution is -0.101. The summed E-state index contributed by atoms with van der Waals surface area (Å²) in [6, 6.07) is 0.670. The molecule has 1 aliphatic heterocycles. The molecule has 2 heteroatoms. The van der Waals surface area contributed by atoms with Crippen LogP contribution in [0.2, 0.25) is 0 Å². The molecule has 3 unspecified atom stereocenters. The van der Waals surface area contributed by atoms with Crippen molar-refractivity contribution in [3.8, 4) is 0 Å². The third-order valence-corrected chi connectivity index (χ3v) is 7.03. The van der Waals surface area contributed by atoms with Crippen molar-refractivity contribution in [2.24, 2.45) is 22.7 Å². The molecule has 0 aromatic rings. The van der Waals surface area contributed by atoms with Crippen molar-refractivity contribution in [1.29, 1.82) is 0 Å². The first-order valence-electron chi connectivity index (χ1n) is 9.50. The first-order chi connectivity index (χ1) is 10.0. The predicted molar refractivity (Wildman–Crippen MR) is 88.4 cm³/mol. The van der Waals surface area contributed by atoms with Gasteiger partial charge in [-0.2, -0.15) is 0 Å². The number of hydrogen-bond donors (Lipinski definition) is 1. The highest BCUT2D eigenvalue weighted by Crippen LogP contribution is 2.64. The third kappa shape index (κ3) is 2.91. The molecule has 5 aliphatic rings. The van der Waals surface area contributed by atoms with Crippen molar-refractivity contribution in [1.82, 2.24) is 10.2 Å². The summed E-state index contributed by atoms with van der Waals surface area (Å²) in [6.45, 7) is 10.2. The molecule has 5 rings (SSSR count). The molecule has 0 aromatic heterocycles. The number of rotatable bonds is 5. The smallest absolute Gasteiger partial charge is 0.0166 e. The van der Waals surface area contributed by atoms with Gasteiger partial charge in [-0.1, -0.05) is 6.92 Å². The summed E-state index contributed by atoms with van der Waals surface area (Å²) in [5, 5.41) is 3.94. The summed E-state index contributed by atoms with van der Waals surface area (Å²) in [7, 11) is 0. The SMILES string of the molecule is CC(CN1CCCC1)NCC12CC3CC(CC(C)(C3)C1)C2. The van der Waals surface area contributed by atoms with Crippen LogP contribution in [0.4, 0.5) is 0 Å². The lowest BCUT2D eigenvalue weighted by Gasteiger charge is -2.61. The Morgan fingerprint density at radius 1 is 1.10 bits per heavy atom. The summed E-state index contributed by atoms with van der Waals surface area (Å²) in [6.07, 6.45) is 12.0. The third-order valence-electron chi connectivity index (χ3n) is 7.03. The van der Waals surface area contributed by atoms with Gasteiger partial charge >= 0.3 is 0 Å². The zero-order valence-corrected chi connectivity index (χ0v) is 14.2. The molecule has 0 aromatic carbocycles. The Balaban J connectivity index is 1.34. The highest BCUT2D eigenvalue weighted by atomic mass is 15.2. The Labute approximate surface area is 131 Å². The molecule has 0 spiro atoms. The van der Waals surface area contributed by atoms with E-state index in [0.717, 1.165) is 11.8 Å². The fraction of sp³-hybridized carbons (Fsp3) is 1.00. The Hall–Kier alpha value is -0.0800. The lowest BCUT2D eigenvalue weighted by Crippen LogP contribution is -2.55. The highest BCUT2D eigenvalue weighted by molar-refractivity contribution is 5.06. The minimum Gasteiger partial charge on any atom is -0.312 e. The lowest BCUT2D eigenvalue weighted by atomic mass is 9.44. The van der Waals surface area contributed by atoms with Gasteiger partial charge in [0.05, 0.1) is 0 Å². The molecule has 5 fully saturated rings. The number of likely N-dealkylation sites (tertiary alicyclic amines) is 1. The quantitative estimate of drug-likeness (QED) is 0.831. The fourth-order valence-electron chi connectivity index (χ4n) is 6.94. The zero-order valence-electron chi connectivity index (χ0n) is 14.2. The van der Waals surface area contributed by atoms with Crippen LogP contribution in [-0.2, 0) is 0 Å². The standard InChI is InChI=1S/C19H34N2/c1-15(12-21-5-3-4-6-21)20-14-19-10-16-7-17(11-19)9-18(2,8-16)13-19/h15-17,20H,3-14H2,1-2H3. The number of nitrogens with one attached hydrogen (secondary N) is 1. The van der Waals surface area contributed by atoms with Crippen molar-refractivity contribution in [3.63, 3.8) is 0 Å². The van der Waals surface area contributed by atoms with Gasteiger partial charge in [0.2, 0.25) is 0 Å². The van der Waals surface area contributed by atoms with Crippen molar-refractivity contribution >= 4 is 0 Å². The minimum atomic E-state index is 0.665. The Bertz CT molecular complexity index is 371.